The van der Waals surface area contributed by atoms with E-state index in [0.29, 0.717) is 27.9 Å². The van der Waals surface area contributed by atoms with E-state index in [0.717, 1.165) is 16.7 Å². The molecule has 0 bridgehead atoms. The van der Waals surface area contributed by atoms with Crippen molar-refractivity contribution in [2.75, 3.05) is 11.1 Å². The van der Waals surface area contributed by atoms with Crippen LogP contribution in [0.3, 0.4) is 0 Å². The first-order valence-corrected chi connectivity index (χ1v) is 11.9. The van der Waals surface area contributed by atoms with Crippen molar-refractivity contribution in [3.8, 4) is 0 Å². The highest BCUT2D eigenvalue weighted by Gasteiger charge is 2.11. The van der Waals surface area contributed by atoms with Crippen molar-refractivity contribution in [2.24, 2.45) is 0 Å². The van der Waals surface area contributed by atoms with E-state index in [2.05, 4.69) is 15.3 Å². The summed E-state index contributed by atoms with van der Waals surface area (Å²) in [5, 5.41) is 3.15. The molecule has 0 saturated heterocycles. The number of ether oxygens (including phenoxy) is 1. The van der Waals surface area contributed by atoms with Crippen LogP contribution >= 0.6 is 23.5 Å². The Balaban J connectivity index is 1.52. The summed E-state index contributed by atoms with van der Waals surface area (Å²) in [7, 11) is 0. The lowest BCUT2D eigenvalue weighted by atomic mass is 10.2. The van der Waals surface area contributed by atoms with Gasteiger partial charge in [-0.1, -0.05) is 30.0 Å². The molecule has 0 aliphatic heterocycles. The second-order valence-electron chi connectivity index (χ2n) is 7.01. The number of H-pyrrole nitrogens is 1. The first kappa shape index (κ1) is 23.6. The molecule has 0 radical (unpaired) electrons. The summed E-state index contributed by atoms with van der Waals surface area (Å²) >= 11 is 2.74. The number of carbonyl (C=O) groups is 2. The average Bonchev–Trinajstić information content (AvgIpc) is 2.77. The van der Waals surface area contributed by atoms with Gasteiger partial charge in [-0.25, -0.2) is 9.78 Å². The van der Waals surface area contributed by atoms with E-state index in [1.54, 1.807) is 49.9 Å². The molecule has 0 aliphatic rings. The first-order chi connectivity index (χ1) is 15.4. The summed E-state index contributed by atoms with van der Waals surface area (Å²) in [4.78, 5) is 44.3. The molecule has 166 valence electrons. The third kappa shape index (κ3) is 7.58. The minimum atomic E-state index is -0.409. The Hall–Kier alpha value is -3.04. The predicted octanol–water partition coefficient (Wildman–Crippen LogP) is 4.36. The summed E-state index contributed by atoms with van der Waals surface area (Å²) in [6, 6.07) is 17.8. The number of benzene rings is 2. The number of aromatic amines is 1. The van der Waals surface area contributed by atoms with Crippen LogP contribution in [0.15, 0.2) is 75.5 Å². The van der Waals surface area contributed by atoms with Crippen molar-refractivity contribution in [3.63, 3.8) is 0 Å². The molecule has 1 amide bonds. The summed E-state index contributed by atoms with van der Waals surface area (Å²) < 4.78 is 5.14. The van der Waals surface area contributed by atoms with Crippen molar-refractivity contribution in [3.05, 3.63) is 82.3 Å². The highest BCUT2D eigenvalue weighted by molar-refractivity contribution is 7.99. The molecule has 9 heteroatoms. The number of esters is 1. The number of nitrogens with zero attached hydrogens (tertiary/aromatic N) is 1. The topological polar surface area (TPSA) is 101 Å². The summed E-state index contributed by atoms with van der Waals surface area (Å²) in [5.74, 6) is -0.0257. The average molecular weight is 470 g/mol. The van der Waals surface area contributed by atoms with E-state index in [1.807, 2.05) is 30.3 Å². The molecule has 1 heterocycles. The van der Waals surface area contributed by atoms with Gasteiger partial charge in [0.25, 0.3) is 5.56 Å². The molecular weight excluding hydrogens is 446 g/mol. The molecule has 0 saturated carbocycles. The molecule has 0 atom stereocenters. The number of hydrogen-bond acceptors (Lipinski definition) is 7. The Morgan fingerprint density at radius 3 is 2.47 bits per heavy atom. The number of amides is 1. The van der Waals surface area contributed by atoms with E-state index in [-0.39, 0.29) is 23.3 Å². The fourth-order valence-electron chi connectivity index (χ4n) is 2.60. The third-order valence-corrected chi connectivity index (χ3v) is 5.91. The Bertz CT molecular complexity index is 1120. The van der Waals surface area contributed by atoms with Crippen LogP contribution in [0.4, 0.5) is 5.69 Å². The van der Waals surface area contributed by atoms with Gasteiger partial charge in [-0.2, -0.15) is 0 Å². The SMILES string of the molecule is CC(C)OC(=O)c1ccc(NC(=O)CSc2nc(CSc3ccccc3)cc(=O)[nH]2)cc1. The first-order valence-electron chi connectivity index (χ1n) is 9.91. The summed E-state index contributed by atoms with van der Waals surface area (Å²) in [5.41, 5.74) is 1.37. The maximum atomic E-state index is 12.3. The highest BCUT2D eigenvalue weighted by Crippen LogP contribution is 2.22. The quantitative estimate of drug-likeness (QED) is 0.273. The van der Waals surface area contributed by atoms with E-state index in [4.69, 9.17) is 4.74 Å². The molecule has 7 nitrogen and oxygen atoms in total. The van der Waals surface area contributed by atoms with Gasteiger partial charge in [0, 0.05) is 22.4 Å². The minimum Gasteiger partial charge on any atom is -0.459 e. The van der Waals surface area contributed by atoms with Gasteiger partial charge in [-0.3, -0.25) is 9.59 Å². The molecular formula is C23H23N3O4S2. The van der Waals surface area contributed by atoms with Crippen LogP contribution in [0.25, 0.3) is 0 Å². The van der Waals surface area contributed by atoms with Crippen molar-refractivity contribution < 1.29 is 14.3 Å². The zero-order chi connectivity index (χ0) is 22.9. The molecule has 0 fully saturated rings. The van der Waals surface area contributed by atoms with E-state index >= 15 is 0 Å². The van der Waals surface area contributed by atoms with Crippen LogP contribution < -0.4 is 10.9 Å². The van der Waals surface area contributed by atoms with Gasteiger partial charge >= 0.3 is 5.97 Å². The van der Waals surface area contributed by atoms with Gasteiger partial charge in [-0.15, -0.1) is 11.8 Å². The molecule has 0 unspecified atom stereocenters. The lowest BCUT2D eigenvalue weighted by Crippen LogP contribution is -2.16. The van der Waals surface area contributed by atoms with E-state index in [1.165, 1.54) is 6.07 Å². The number of anilines is 1. The number of hydrogen-bond donors (Lipinski definition) is 2. The zero-order valence-corrected chi connectivity index (χ0v) is 19.3. The molecule has 2 aromatic carbocycles. The van der Waals surface area contributed by atoms with Crippen LogP contribution in [0.5, 0.6) is 0 Å². The van der Waals surface area contributed by atoms with Crippen LogP contribution in [0.1, 0.15) is 29.9 Å². The number of nitrogens with one attached hydrogen (secondary N) is 2. The van der Waals surface area contributed by atoms with Gasteiger partial charge in [0.1, 0.15) is 0 Å². The van der Waals surface area contributed by atoms with Crippen molar-refractivity contribution in [1.82, 2.24) is 9.97 Å². The van der Waals surface area contributed by atoms with Gasteiger partial charge in [0.05, 0.1) is 23.1 Å². The van der Waals surface area contributed by atoms with Crippen LogP contribution in [-0.4, -0.2) is 33.7 Å². The number of thioether (sulfide) groups is 2. The Kier molecular flexibility index (Phi) is 8.52. The lowest BCUT2D eigenvalue weighted by molar-refractivity contribution is -0.113. The molecule has 3 aromatic rings. The number of aromatic nitrogens is 2. The normalized spacial score (nSPS) is 10.7. The highest BCUT2D eigenvalue weighted by atomic mass is 32.2. The molecule has 3 rings (SSSR count). The second kappa shape index (κ2) is 11.5. The van der Waals surface area contributed by atoms with Gasteiger partial charge in [0.2, 0.25) is 5.91 Å². The van der Waals surface area contributed by atoms with Gasteiger partial charge in [-0.05, 0) is 50.2 Å². The number of rotatable bonds is 9. The molecule has 2 N–H and O–H groups in total. The molecule has 32 heavy (non-hydrogen) atoms. The summed E-state index contributed by atoms with van der Waals surface area (Å²) in [6.07, 6.45) is -0.200. The third-order valence-electron chi connectivity index (χ3n) is 3.99. The molecule has 0 aliphatic carbocycles. The fraction of sp³-hybridized carbons (Fsp3) is 0.217. The number of carbonyl (C=O) groups excluding carboxylic acids is 2. The van der Waals surface area contributed by atoms with Crippen LogP contribution in [0, 0.1) is 0 Å². The van der Waals surface area contributed by atoms with Crippen molar-refractivity contribution in [2.45, 2.75) is 35.8 Å². The predicted molar refractivity (Wildman–Crippen MR) is 127 cm³/mol. The Morgan fingerprint density at radius 1 is 1.06 bits per heavy atom. The van der Waals surface area contributed by atoms with Gasteiger partial charge < -0.3 is 15.0 Å². The Morgan fingerprint density at radius 2 is 1.78 bits per heavy atom. The zero-order valence-electron chi connectivity index (χ0n) is 17.7. The lowest BCUT2D eigenvalue weighted by Gasteiger charge is -2.09. The van der Waals surface area contributed by atoms with Crippen LogP contribution in [0.2, 0.25) is 0 Å². The smallest absolute Gasteiger partial charge is 0.338 e. The van der Waals surface area contributed by atoms with Gasteiger partial charge in [0.15, 0.2) is 5.16 Å². The minimum absolute atomic E-state index is 0.0787. The maximum Gasteiger partial charge on any atom is 0.338 e. The largest absolute Gasteiger partial charge is 0.459 e. The van der Waals surface area contributed by atoms with E-state index < -0.39 is 5.97 Å². The molecule has 1 aromatic heterocycles. The summed E-state index contributed by atoms with van der Waals surface area (Å²) in [6.45, 7) is 3.56. The van der Waals surface area contributed by atoms with Crippen molar-refractivity contribution >= 4 is 41.1 Å². The van der Waals surface area contributed by atoms with Crippen molar-refractivity contribution in [1.29, 1.82) is 0 Å². The standard InChI is InChI=1S/C23H23N3O4S2/c1-15(2)30-22(29)16-8-10-17(11-9-16)24-21(28)14-32-23-25-18(12-20(27)26-23)13-31-19-6-4-3-5-7-19/h3-12,15H,13-14H2,1-2H3,(H,24,28)(H,25,26,27). The van der Waals surface area contributed by atoms with E-state index in [9.17, 15) is 14.4 Å². The molecule has 0 spiro atoms. The van der Waals surface area contributed by atoms with Crippen LogP contribution in [-0.2, 0) is 15.3 Å². The maximum absolute atomic E-state index is 12.3. The fourth-order valence-corrected chi connectivity index (χ4v) is 4.11. The monoisotopic (exact) mass is 469 g/mol. The Labute approximate surface area is 194 Å². The second-order valence-corrected chi connectivity index (χ2v) is 9.02.